The number of H-pyrrole nitrogens is 1. The van der Waals surface area contributed by atoms with Gasteiger partial charge in [-0.3, -0.25) is 5.10 Å². The van der Waals surface area contributed by atoms with Crippen molar-refractivity contribution in [2.75, 3.05) is 0 Å². The standard InChI is InChI=1S/C8H7IN2O2S/c9-8-6-3-5(4-14(12)13)1-2-7(6)10-11-8/h1-3H,4H2,(H,10,11)(H,12,13). The first-order valence-electron chi connectivity index (χ1n) is 3.87. The molecule has 0 fully saturated rings. The zero-order valence-corrected chi connectivity index (χ0v) is 10.0. The summed E-state index contributed by atoms with van der Waals surface area (Å²) in [6.45, 7) is 0. The molecule has 1 heterocycles. The van der Waals surface area contributed by atoms with Gasteiger partial charge in [0.25, 0.3) is 0 Å². The molecule has 0 radical (unpaired) electrons. The average Bonchev–Trinajstić information content (AvgIpc) is 2.47. The number of rotatable bonds is 2. The van der Waals surface area contributed by atoms with Gasteiger partial charge >= 0.3 is 0 Å². The molecule has 0 spiro atoms. The van der Waals surface area contributed by atoms with Crippen molar-refractivity contribution in [1.29, 1.82) is 0 Å². The van der Waals surface area contributed by atoms with Gasteiger partial charge in [-0.2, -0.15) is 5.10 Å². The van der Waals surface area contributed by atoms with Crippen molar-refractivity contribution in [1.82, 2.24) is 10.2 Å². The van der Waals surface area contributed by atoms with E-state index in [1.165, 1.54) is 0 Å². The summed E-state index contributed by atoms with van der Waals surface area (Å²) in [7, 11) is 0. The fraction of sp³-hybridized carbons (Fsp3) is 0.125. The summed E-state index contributed by atoms with van der Waals surface area (Å²) in [5.41, 5.74) is 1.72. The van der Waals surface area contributed by atoms with Crippen molar-refractivity contribution in [2.24, 2.45) is 0 Å². The van der Waals surface area contributed by atoms with Crippen LogP contribution in [0.2, 0.25) is 0 Å². The third kappa shape index (κ3) is 1.96. The van der Waals surface area contributed by atoms with Crippen LogP contribution < -0.4 is 0 Å². The maximum absolute atomic E-state index is 10.6. The fourth-order valence-corrected chi connectivity index (χ4v) is 2.28. The van der Waals surface area contributed by atoms with Gasteiger partial charge in [0.15, 0.2) is 11.1 Å². The Morgan fingerprint density at radius 1 is 1.57 bits per heavy atom. The van der Waals surface area contributed by atoms with Crippen LogP contribution in [0.5, 0.6) is 0 Å². The summed E-state index contributed by atoms with van der Waals surface area (Å²) in [4.78, 5) is 0. The van der Waals surface area contributed by atoms with Crippen molar-refractivity contribution >= 4 is 44.6 Å². The van der Waals surface area contributed by atoms with Crippen LogP contribution in [0.25, 0.3) is 10.9 Å². The van der Waals surface area contributed by atoms with E-state index in [-0.39, 0.29) is 5.75 Å². The summed E-state index contributed by atoms with van der Waals surface area (Å²) < 4.78 is 20.3. The lowest BCUT2D eigenvalue weighted by Crippen LogP contribution is -1.92. The van der Waals surface area contributed by atoms with Gasteiger partial charge in [-0.05, 0) is 40.3 Å². The molecule has 0 bridgehead atoms. The molecule has 2 N–H and O–H groups in total. The molecule has 1 atom stereocenters. The van der Waals surface area contributed by atoms with Crippen molar-refractivity contribution in [2.45, 2.75) is 5.75 Å². The van der Waals surface area contributed by atoms with Gasteiger partial charge in [-0.1, -0.05) is 6.07 Å². The molecule has 0 saturated heterocycles. The van der Waals surface area contributed by atoms with Crippen molar-refractivity contribution < 1.29 is 8.76 Å². The average molecular weight is 322 g/mol. The van der Waals surface area contributed by atoms with E-state index in [2.05, 4.69) is 32.8 Å². The molecular formula is C8H7IN2O2S. The smallest absolute Gasteiger partial charge is 0.157 e. The lowest BCUT2D eigenvalue weighted by molar-refractivity contribution is 0.563. The minimum absolute atomic E-state index is 0.164. The van der Waals surface area contributed by atoms with Gasteiger partial charge < -0.3 is 4.55 Å². The Balaban J connectivity index is 2.49. The molecule has 0 saturated carbocycles. The van der Waals surface area contributed by atoms with E-state index in [4.69, 9.17) is 4.55 Å². The first kappa shape index (κ1) is 10.1. The molecule has 74 valence electrons. The fourth-order valence-electron chi connectivity index (χ4n) is 1.26. The highest BCUT2D eigenvalue weighted by molar-refractivity contribution is 14.1. The van der Waals surface area contributed by atoms with Gasteiger partial charge in [-0.15, -0.1) is 0 Å². The third-order valence-electron chi connectivity index (χ3n) is 1.86. The first-order valence-corrected chi connectivity index (χ1v) is 6.22. The Bertz CT molecular complexity index is 497. The molecule has 6 heteroatoms. The van der Waals surface area contributed by atoms with E-state index in [9.17, 15) is 4.21 Å². The van der Waals surface area contributed by atoms with Crippen LogP contribution in [0.3, 0.4) is 0 Å². The van der Waals surface area contributed by atoms with Crippen molar-refractivity contribution in [3.8, 4) is 0 Å². The molecule has 1 unspecified atom stereocenters. The monoisotopic (exact) mass is 322 g/mol. The highest BCUT2D eigenvalue weighted by atomic mass is 127. The second-order valence-corrected chi connectivity index (χ2v) is 4.87. The third-order valence-corrected chi connectivity index (χ3v) is 3.26. The van der Waals surface area contributed by atoms with Gasteiger partial charge in [0.1, 0.15) is 3.70 Å². The number of aromatic nitrogens is 2. The normalized spacial score (nSPS) is 13.3. The summed E-state index contributed by atoms with van der Waals surface area (Å²) in [5.74, 6) is 0.164. The van der Waals surface area contributed by atoms with E-state index >= 15 is 0 Å². The van der Waals surface area contributed by atoms with Gasteiger partial charge in [0, 0.05) is 5.39 Å². The number of halogens is 1. The van der Waals surface area contributed by atoms with Crippen LogP contribution in [0.4, 0.5) is 0 Å². The molecule has 1 aromatic carbocycles. The largest absolute Gasteiger partial charge is 0.306 e. The Hall–Kier alpha value is -0.470. The molecule has 1 aromatic heterocycles. The van der Waals surface area contributed by atoms with Crippen molar-refractivity contribution in [3.05, 3.63) is 27.5 Å². The summed E-state index contributed by atoms with van der Waals surface area (Å²) in [6, 6.07) is 5.54. The SMILES string of the molecule is O=S(O)Cc1ccc2n[nH]c(I)c2c1. The number of hydrogen-bond donors (Lipinski definition) is 2. The Labute approximate surface area is 96.5 Å². The summed E-state index contributed by atoms with van der Waals surface area (Å²) >= 11 is 0.360. The van der Waals surface area contributed by atoms with E-state index < -0.39 is 11.1 Å². The zero-order valence-electron chi connectivity index (χ0n) is 7.03. The predicted molar refractivity (Wildman–Crippen MR) is 63.3 cm³/mol. The van der Waals surface area contributed by atoms with Crippen molar-refractivity contribution in [3.63, 3.8) is 0 Å². The van der Waals surface area contributed by atoms with Gasteiger partial charge in [0.2, 0.25) is 0 Å². The minimum atomic E-state index is -1.79. The highest BCUT2D eigenvalue weighted by Crippen LogP contribution is 2.19. The lowest BCUT2D eigenvalue weighted by Gasteiger charge is -1.96. The molecule has 2 aromatic rings. The van der Waals surface area contributed by atoms with Gasteiger partial charge in [-0.25, -0.2) is 4.21 Å². The van der Waals surface area contributed by atoms with Crippen LogP contribution >= 0.6 is 22.6 Å². The molecule has 0 aliphatic heterocycles. The van der Waals surface area contributed by atoms with Gasteiger partial charge in [0.05, 0.1) is 11.3 Å². The second kappa shape index (κ2) is 3.95. The van der Waals surface area contributed by atoms with Crippen LogP contribution in [0, 0.1) is 3.70 Å². The topological polar surface area (TPSA) is 66.0 Å². The molecule has 0 aliphatic carbocycles. The molecule has 2 rings (SSSR count). The maximum Gasteiger partial charge on any atom is 0.157 e. The number of nitrogens with one attached hydrogen (secondary N) is 1. The highest BCUT2D eigenvalue weighted by Gasteiger charge is 2.04. The lowest BCUT2D eigenvalue weighted by atomic mass is 10.2. The van der Waals surface area contributed by atoms with Crippen LogP contribution in [0.15, 0.2) is 18.2 Å². The molecule has 14 heavy (non-hydrogen) atoms. The quantitative estimate of drug-likeness (QED) is 0.655. The molecular weight excluding hydrogens is 315 g/mol. The zero-order chi connectivity index (χ0) is 10.1. The summed E-state index contributed by atoms with van der Waals surface area (Å²) in [6.07, 6.45) is 0. The Kier molecular flexibility index (Phi) is 2.84. The number of fused-ring (bicyclic) bond motifs is 1. The Morgan fingerprint density at radius 3 is 3.07 bits per heavy atom. The number of nitrogens with zero attached hydrogens (tertiary/aromatic N) is 1. The predicted octanol–water partition coefficient (Wildman–Crippen LogP) is 1.89. The molecule has 0 amide bonds. The number of aromatic amines is 1. The van der Waals surface area contributed by atoms with Crippen LogP contribution in [-0.2, 0) is 16.8 Å². The molecule has 0 aliphatic rings. The molecule has 4 nitrogen and oxygen atoms in total. The number of hydrogen-bond acceptors (Lipinski definition) is 2. The first-order chi connectivity index (χ1) is 6.66. The van der Waals surface area contributed by atoms with E-state index in [0.717, 1.165) is 20.2 Å². The second-order valence-electron chi connectivity index (χ2n) is 2.85. The Morgan fingerprint density at radius 2 is 2.36 bits per heavy atom. The van der Waals surface area contributed by atoms with Crippen LogP contribution in [-0.4, -0.2) is 19.0 Å². The minimum Gasteiger partial charge on any atom is -0.306 e. The summed E-state index contributed by atoms with van der Waals surface area (Å²) in [5, 5.41) is 7.92. The van der Waals surface area contributed by atoms with E-state index in [1.807, 2.05) is 18.2 Å². The van der Waals surface area contributed by atoms with E-state index in [0.29, 0.717) is 0 Å². The van der Waals surface area contributed by atoms with Crippen LogP contribution in [0.1, 0.15) is 5.56 Å². The number of benzene rings is 1. The maximum atomic E-state index is 10.6. The van der Waals surface area contributed by atoms with E-state index in [1.54, 1.807) is 0 Å².